The number of aromatic nitrogens is 2. The van der Waals surface area contributed by atoms with Gasteiger partial charge >= 0.3 is 6.09 Å². The second-order valence-electron chi connectivity index (χ2n) is 6.88. The van der Waals surface area contributed by atoms with Crippen LogP contribution in [0.3, 0.4) is 0 Å². The Balaban J connectivity index is 1.76. The second-order valence-corrected chi connectivity index (χ2v) is 6.88. The predicted molar refractivity (Wildman–Crippen MR) is 107 cm³/mol. The molecule has 1 amide bonds. The Hall–Kier alpha value is -3.37. The van der Waals surface area contributed by atoms with E-state index in [9.17, 15) is 13.6 Å². The fourth-order valence-electron chi connectivity index (χ4n) is 3.11. The first-order valence-corrected chi connectivity index (χ1v) is 9.85. The third-order valence-corrected chi connectivity index (χ3v) is 4.70. The highest BCUT2D eigenvalue weighted by Crippen LogP contribution is 2.36. The fraction of sp³-hybridized carbons (Fsp3) is 0.450. The van der Waals surface area contributed by atoms with Crippen LogP contribution in [0.4, 0.5) is 25.1 Å². The van der Waals surface area contributed by atoms with Gasteiger partial charge in [0.2, 0.25) is 5.75 Å². The molecule has 1 aromatic carbocycles. The Labute approximate surface area is 178 Å². The lowest BCUT2D eigenvalue weighted by Gasteiger charge is -2.30. The lowest BCUT2D eigenvalue weighted by atomic mass is 10.1. The van der Waals surface area contributed by atoms with Crippen LogP contribution in [-0.4, -0.2) is 59.0 Å². The van der Waals surface area contributed by atoms with E-state index in [1.54, 1.807) is 0 Å². The largest absolute Gasteiger partial charge is 0.490 e. The number of piperidine rings is 1. The third-order valence-electron chi connectivity index (χ3n) is 4.70. The molecule has 1 aliphatic rings. The van der Waals surface area contributed by atoms with E-state index < -0.39 is 17.7 Å². The van der Waals surface area contributed by atoms with Gasteiger partial charge < -0.3 is 29.5 Å². The van der Waals surface area contributed by atoms with Crippen molar-refractivity contribution in [3.63, 3.8) is 0 Å². The van der Waals surface area contributed by atoms with Gasteiger partial charge in [-0.2, -0.15) is 4.98 Å². The maximum absolute atomic E-state index is 14.5. The van der Waals surface area contributed by atoms with E-state index in [-0.39, 0.29) is 41.6 Å². The number of hydrogen-bond donors (Lipinski definition) is 2. The number of amides is 1. The molecule has 2 aromatic rings. The summed E-state index contributed by atoms with van der Waals surface area (Å²) in [5.74, 6) is -1.28. The molecule has 0 saturated carbocycles. The maximum Gasteiger partial charge on any atom is 0.407 e. The molecule has 3 rings (SSSR count). The number of ether oxygens (including phenoxy) is 3. The van der Waals surface area contributed by atoms with Crippen molar-refractivity contribution in [2.75, 3.05) is 32.1 Å². The Kier molecular flexibility index (Phi) is 7.27. The van der Waals surface area contributed by atoms with Crippen LogP contribution >= 0.6 is 0 Å². The van der Waals surface area contributed by atoms with E-state index in [1.165, 1.54) is 18.3 Å². The van der Waals surface area contributed by atoms with Gasteiger partial charge in [0.05, 0.1) is 19.4 Å². The first-order valence-electron chi connectivity index (χ1n) is 9.85. The van der Waals surface area contributed by atoms with Crippen molar-refractivity contribution >= 4 is 17.6 Å². The molecule has 1 aromatic heterocycles. The van der Waals surface area contributed by atoms with Crippen molar-refractivity contribution in [3.8, 4) is 17.4 Å². The average Bonchev–Trinajstić information content (AvgIpc) is 2.75. The van der Waals surface area contributed by atoms with Crippen LogP contribution in [0.5, 0.6) is 17.4 Å². The van der Waals surface area contributed by atoms with E-state index in [1.807, 2.05) is 6.92 Å². The van der Waals surface area contributed by atoms with Crippen molar-refractivity contribution in [1.29, 1.82) is 0 Å². The smallest absolute Gasteiger partial charge is 0.407 e. The van der Waals surface area contributed by atoms with Crippen LogP contribution in [0.25, 0.3) is 0 Å². The van der Waals surface area contributed by atoms with Crippen molar-refractivity contribution in [2.24, 2.45) is 0 Å². The topological polar surface area (TPSA) is 106 Å². The zero-order valence-corrected chi connectivity index (χ0v) is 17.2. The molecular weight excluding hydrogens is 414 g/mol. The second kappa shape index (κ2) is 10.1. The molecule has 0 unspecified atom stereocenters. The van der Waals surface area contributed by atoms with Gasteiger partial charge in [-0.1, -0.05) is 6.92 Å². The highest BCUT2D eigenvalue weighted by Gasteiger charge is 2.26. The molecule has 0 radical (unpaired) electrons. The van der Waals surface area contributed by atoms with Gasteiger partial charge in [-0.25, -0.2) is 18.6 Å². The molecule has 1 fully saturated rings. The molecule has 9 nitrogen and oxygen atoms in total. The number of methoxy groups -OCH3 is 1. The molecular formula is C20H24F2N4O5. The van der Waals surface area contributed by atoms with Gasteiger partial charge in [0.15, 0.2) is 23.2 Å². The summed E-state index contributed by atoms with van der Waals surface area (Å²) in [7, 11) is 1.38. The number of hydrogen-bond acceptors (Lipinski definition) is 7. The number of rotatable bonds is 8. The van der Waals surface area contributed by atoms with Gasteiger partial charge in [0.25, 0.3) is 5.88 Å². The van der Waals surface area contributed by atoms with Gasteiger partial charge in [-0.3, -0.25) is 0 Å². The number of nitrogens with zero attached hydrogens (tertiary/aromatic N) is 3. The lowest BCUT2D eigenvalue weighted by molar-refractivity contribution is 0.0852. The quantitative estimate of drug-likeness (QED) is 0.641. The maximum atomic E-state index is 14.5. The molecule has 0 bridgehead atoms. The molecule has 1 aliphatic heterocycles. The van der Waals surface area contributed by atoms with Crippen LogP contribution in [0.2, 0.25) is 0 Å². The van der Waals surface area contributed by atoms with E-state index >= 15 is 0 Å². The van der Waals surface area contributed by atoms with Crippen molar-refractivity contribution in [1.82, 2.24) is 14.9 Å². The highest BCUT2D eigenvalue weighted by molar-refractivity contribution is 5.66. The van der Waals surface area contributed by atoms with Crippen molar-refractivity contribution in [2.45, 2.75) is 32.3 Å². The number of carbonyl (C=O) groups is 1. The van der Waals surface area contributed by atoms with E-state index in [4.69, 9.17) is 19.3 Å². The van der Waals surface area contributed by atoms with Gasteiger partial charge in [-0.05, 0) is 6.42 Å². The summed E-state index contributed by atoms with van der Waals surface area (Å²) in [4.78, 5) is 20.5. The number of nitrogens with one attached hydrogen (secondary N) is 1. The SMILES string of the molecule is CCCOc1cc(F)c(Nc2ncnc(OC3CCN(C(=O)O)CC3)c2OC)cc1F. The number of carboxylic acid groups (broad SMARTS) is 1. The van der Waals surface area contributed by atoms with E-state index in [0.717, 1.165) is 12.1 Å². The summed E-state index contributed by atoms with van der Waals surface area (Å²) < 4.78 is 45.1. The van der Waals surface area contributed by atoms with Crippen molar-refractivity contribution in [3.05, 3.63) is 30.1 Å². The summed E-state index contributed by atoms with van der Waals surface area (Å²) in [6, 6.07) is 1.94. The Morgan fingerprint density at radius 2 is 2.00 bits per heavy atom. The first-order chi connectivity index (χ1) is 14.9. The van der Waals surface area contributed by atoms with Gasteiger partial charge in [0, 0.05) is 38.1 Å². The molecule has 2 heterocycles. The summed E-state index contributed by atoms with van der Waals surface area (Å²) in [5, 5.41) is 11.7. The molecule has 2 N–H and O–H groups in total. The van der Waals surface area contributed by atoms with Crippen LogP contribution in [0.1, 0.15) is 26.2 Å². The van der Waals surface area contributed by atoms with Crippen LogP contribution < -0.4 is 19.5 Å². The first kappa shape index (κ1) is 22.3. The van der Waals surface area contributed by atoms with Crippen LogP contribution in [0, 0.1) is 11.6 Å². The summed E-state index contributed by atoms with van der Waals surface area (Å²) in [6.45, 7) is 2.82. The third kappa shape index (κ3) is 5.41. The average molecular weight is 438 g/mol. The standard InChI is InChI=1S/C20H24F2N4O5/c1-3-8-30-16-10-13(21)15(9-14(16)22)25-18-17(29-2)19(24-11-23-18)31-12-4-6-26(7-5-12)20(27)28/h9-12H,3-8H2,1-2H3,(H,27,28)(H,23,24,25). The fourth-order valence-corrected chi connectivity index (χ4v) is 3.11. The minimum absolute atomic E-state index is 0.0935. The van der Waals surface area contributed by atoms with Crippen molar-refractivity contribution < 1.29 is 32.9 Å². The van der Waals surface area contributed by atoms with E-state index in [2.05, 4.69) is 15.3 Å². The highest BCUT2D eigenvalue weighted by atomic mass is 19.1. The molecule has 168 valence electrons. The molecule has 31 heavy (non-hydrogen) atoms. The zero-order chi connectivity index (χ0) is 22.4. The lowest BCUT2D eigenvalue weighted by Crippen LogP contribution is -2.41. The normalized spacial score (nSPS) is 14.3. The number of halogens is 2. The minimum Gasteiger partial charge on any atom is -0.490 e. The Morgan fingerprint density at radius 3 is 2.65 bits per heavy atom. The molecule has 0 spiro atoms. The van der Waals surface area contributed by atoms with Gasteiger partial charge in [0.1, 0.15) is 12.4 Å². The molecule has 11 heteroatoms. The summed E-state index contributed by atoms with van der Waals surface area (Å²) in [5.41, 5.74) is -0.154. The van der Waals surface area contributed by atoms with Crippen LogP contribution in [0.15, 0.2) is 18.5 Å². The Morgan fingerprint density at radius 1 is 1.26 bits per heavy atom. The monoisotopic (exact) mass is 438 g/mol. The van der Waals surface area contributed by atoms with Crippen LogP contribution in [-0.2, 0) is 0 Å². The molecule has 1 saturated heterocycles. The van der Waals surface area contributed by atoms with E-state index in [0.29, 0.717) is 32.4 Å². The Bertz CT molecular complexity index is 923. The summed E-state index contributed by atoms with van der Waals surface area (Å²) >= 11 is 0. The molecule has 0 aliphatic carbocycles. The number of anilines is 2. The minimum atomic E-state index is -0.968. The van der Waals surface area contributed by atoms with Gasteiger partial charge in [-0.15, -0.1) is 0 Å². The number of benzene rings is 1. The predicted octanol–water partition coefficient (Wildman–Crippen LogP) is 3.82. The zero-order valence-electron chi connectivity index (χ0n) is 17.2. The number of likely N-dealkylation sites (tertiary alicyclic amines) is 1. The summed E-state index contributed by atoms with van der Waals surface area (Å²) in [6.07, 6.45) is 1.61. The molecule has 0 atom stereocenters.